The Balaban J connectivity index is 2.03. The molecular formula is C15H11NO3. The normalized spacial score (nSPS) is 14.1. The molecule has 1 saturated heterocycles. The number of ether oxygens (including phenoxy) is 1. The largest absolute Gasteiger partial charge is 0.497 e. The number of hydrogen-bond acceptors (Lipinski definition) is 3. The van der Waals surface area contributed by atoms with Crippen molar-refractivity contribution in [3.05, 3.63) is 47.5 Å². The molecule has 2 aromatic carbocycles. The van der Waals surface area contributed by atoms with Crippen LogP contribution in [0, 0.1) is 0 Å². The van der Waals surface area contributed by atoms with E-state index in [0.717, 1.165) is 22.1 Å². The van der Waals surface area contributed by atoms with Crippen molar-refractivity contribution < 1.29 is 14.3 Å². The van der Waals surface area contributed by atoms with E-state index >= 15 is 0 Å². The number of benzene rings is 2. The number of methoxy groups -OCH3 is 1. The van der Waals surface area contributed by atoms with Gasteiger partial charge in [-0.15, -0.1) is 0 Å². The SMILES string of the molecule is COc1ccc2cc(C=C3C(=O)NC3=O)ccc2c1. The smallest absolute Gasteiger partial charge is 0.263 e. The van der Waals surface area contributed by atoms with Crippen molar-refractivity contribution >= 4 is 28.7 Å². The first-order valence-electron chi connectivity index (χ1n) is 5.82. The van der Waals surface area contributed by atoms with Gasteiger partial charge in [0.05, 0.1) is 7.11 Å². The predicted molar refractivity (Wildman–Crippen MR) is 71.6 cm³/mol. The third kappa shape index (κ3) is 1.97. The second-order valence-electron chi connectivity index (χ2n) is 4.31. The lowest BCUT2D eigenvalue weighted by Crippen LogP contribution is -2.47. The van der Waals surface area contributed by atoms with Gasteiger partial charge in [-0.25, -0.2) is 0 Å². The van der Waals surface area contributed by atoms with E-state index < -0.39 is 0 Å². The zero-order valence-corrected chi connectivity index (χ0v) is 10.3. The quantitative estimate of drug-likeness (QED) is 0.505. The van der Waals surface area contributed by atoms with E-state index in [9.17, 15) is 9.59 Å². The van der Waals surface area contributed by atoms with Crippen molar-refractivity contribution in [2.75, 3.05) is 7.11 Å². The van der Waals surface area contributed by atoms with Crippen LogP contribution in [0.1, 0.15) is 5.56 Å². The summed E-state index contributed by atoms with van der Waals surface area (Å²) in [6.45, 7) is 0. The van der Waals surface area contributed by atoms with Gasteiger partial charge >= 0.3 is 0 Å². The molecule has 19 heavy (non-hydrogen) atoms. The van der Waals surface area contributed by atoms with E-state index in [1.165, 1.54) is 0 Å². The fraction of sp³-hybridized carbons (Fsp3) is 0.0667. The third-order valence-corrected chi connectivity index (χ3v) is 3.10. The van der Waals surface area contributed by atoms with Crippen LogP contribution in [-0.2, 0) is 9.59 Å². The van der Waals surface area contributed by atoms with Crippen molar-refractivity contribution in [1.82, 2.24) is 5.32 Å². The molecule has 1 fully saturated rings. The van der Waals surface area contributed by atoms with Crippen LogP contribution >= 0.6 is 0 Å². The summed E-state index contributed by atoms with van der Waals surface area (Å²) in [6.07, 6.45) is 1.60. The molecule has 1 N–H and O–H groups in total. The summed E-state index contributed by atoms with van der Waals surface area (Å²) in [6, 6.07) is 11.5. The lowest BCUT2D eigenvalue weighted by molar-refractivity contribution is -0.134. The summed E-state index contributed by atoms with van der Waals surface area (Å²) in [5.41, 5.74) is 1.03. The fourth-order valence-corrected chi connectivity index (χ4v) is 2.04. The highest BCUT2D eigenvalue weighted by Gasteiger charge is 2.30. The molecule has 0 atom stereocenters. The first-order chi connectivity index (χ1) is 9.17. The van der Waals surface area contributed by atoms with Crippen LogP contribution < -0.4 is 10.1 Å². The van der Waals surface area contributed by atoms with E-state index in [0.29, 0.717) is 0 Å². The Morgan fingerprint density at radius 1 is 1.00 bits per heavy atom. The number of carbonyl (C=O) groups is 2. The van der Waals surface area contributed by atoms with Gasteiger partial charge in [0.2, 0.25) is 0 Å². The molecule has 4 heteroatoms. The number of imide groups is 1. The molecule has 0 aliphatic carbocycles. The van der Waals surface area contributed by atoms with Gasteiger partial charge in [0.1, 0.15) is 11.3 Å². The van der Waals surface area contributed by atoms with Gasteiger partial charge in [0.25, 0.3) is 11.8 Å². The lowest BCUT2D eigenvalue weighted by Gasteiger charge is -2.15. The maximum absolute atomic E-state index is 11.2. The average molecular weight is 253 g/mol. The van der Waals surface area contributed by atoms with Gasteiger partial charge in [-0.1, -0.05) is 18.2 Å². The van der Waals surface area contributed by atoms with Gasteiger partial charge in [-0.2, -0.15) is 0 Å². The van der Waals surface area contributed by atoms with Crippen molar-refractivity contribution in [2.45, 2.75) is 0 Å². The second-order valence-corrected chi connectivity index (χ2v) is 4.31. The van der Waals surface area contributed by atoms with Gasteiger partial charge in [0, 0.05) is 0 Å². The van der Waals surface area contributed by atoms with Gasteiger partial charge in [-0.05, 0) is 40.6 Å². The molecule has 0 radical (unpaired) electrons. The minimum Gasteiger partial charge on any atom is -0.497 e. The Kier molecular flexibility index (Phi) is 2.56. The first kappa shape index (κ1) is 11.5. The van der Waals surface area contributed by atoms with E-state index in [1.54, 1.807) is 13.2 Å². The van der Waals surface area contributed by atoms with Crippen molar-refractivity contribution in [1.29, 1.82) is 0 Å². The molecule has 3 rings (SSSR count). The molecule has 4 nitrogen and oxygen atoms in total. The molecule has 1 aliphatic rings. The fourth-order valence-electron chi connectivity index (χ4n) is 2.04. The summed E-state index contributed by atoms with van der Waals surface area (Å²) in [7, 11) is 1.63. The molecule has 0 unspecified atom stereocenters. The first-order valence-corrected chi connectivity index (χ1v) is 5.82. The Labute approximate surface area is 109 Å². The van der Waals surface area contributed by atoms with E-state index in [-0.39, 0.29) is 17.4 Å². The zero-order chi connectivity index (χ0) is 13.4. The van der Waals surface area contributed by atoms with Crippen LogP contribution in [0.25, 0.3) is 16.8 Å². The molecule has 0 bridgehead atoms. The van der Waals surface area contributed by atoms with Crippen LogP contribution in [0.4, 0.5) is 0 Å². The number of amides is 2. The summed E-state index contributed by atoms with van der Waals surface area (Å²) >= 11 is 0. The van der Waals surface area contributed by atoms with Gasteiger partial charge in [-0.3, -0.25) is 14.9 Å². The molecule has 0 spiro atoms. The molecule has 1 aliphatic heterocycles. The highest BCUT2D eigenvalue weighted by molar-refractivity contribution is 6.36. The van der Waals surface area contributed by atoms with Crippen molar-refractivity contribution in [2.24, 2.45) is 0 Å². The molecule has 94 valence electrons. The number of hydrogen-bond donors (Lipinski definition) is 1. The Morgan fingerprint density at radius 2 is 1.68 bits per heavy atom. The van der Waals surface area contributed by atoms with Gasteiger partial charge in [0.15, 0.2) is 0 Å². The highest BCUT2D eigenvalue weighted by Crippen LogP contribution is 2.23. The predicted octanol–water partition coefficient (Wildman–Crippen LogP) is 1.89. The van der Waals surface area contributed by atoms with Crippen LogP contribution in [0.3, 0.4) is 0 Å². The van der Waals surface area contributed by atoms with E-state index in [1.807, 2.05) is 36.4 Å². The Morgan fingerprint density at radius 3 is 2.37 bits per heavy atom. The minimum absolute atomic E-state index is 0.202. The van der Waals surface area contributed by atoms with Gasteiger partial charge < -0.3 is 4.74 Å². The zero-order valence-electron chi connectivity index (χ0n) is 10.3. The van der Waals surface area contributed by atoms with Crippen LogP contribution in [0.5, 0.6) is 5.75 Å². The molecular weight excluding hydrogens is 242 g/mol. The third-order valence-electron chi connectivity index (χ3n) is 3.10. The molecule has 0 saturated carbocycles. The summed E-state index contributed by atoms with van der Waals surface area (Å²) in [5, 5.41) is 4.24. The monoisotopic (exact) mass is 253 g/mol. The summed E-state index contributed by atoms with van der Waals surface area (Å²) < 4.78 is 5.16. The number of β-lactam (4-membered cyclic amide) rings is 2. The number of rotatable bonds is 2. The topological polar surface area (TPSA) is 55.4 Å². The maximum Gasteiger partial charge on any atom is 0.263 e. The number of nitrogens with one attached hydrogen (secondary N) is 1. The van der Waals surface area contributed by atoms with Crippen LogP contribution in [-0.4, -0.2) is 18.9 Å². The minimum atomic E-state index is -0.320. The molecule has 1 heterocycles. The Hall–Kier alpha value is -2.62. The van der Waals surface area contributed by atoms with Crippen LogP contribution in [0.15, 0.2) is 42.0 Å². The van der Waals surface area contributed by atoms with E-state index in [2.05, 4.69) is 5.32 Å². The summed E-state index contributed by atoms with van der Waals surface area (Å²) in [4.78, 5) is 22.4. The number of carbonyl (C=O) groups excluding carboxylic acids is 2. The van der Waals surface area contributed by atoms with Crippen LogP contribution in [0.2, 0.25) is 0 Å². The van der Waals surface area contributed by atoms with Crippen molar-refractivity contribution in [3.8, 4) is 5.75 Å². The maximum atomic E-state index is 11.2. The Bertz CT molecular complexity index is 715. The molecule has 2 aromatic rings. The second kappa shape index (κ2) is 4.24. The lowest BCUT2D eigenvalue weighted by atomic mass is 10.0. The molecule has 2 amide bonds. The van der Waals surface area contributed by atoms with Crippen molar-refractivity contribution in [3.63, 3.8) is 0 Å². The summed E-state index contributed by atoms with van der Waals surface area (Å²) in [5.74, 6) is 0.159. The van der Waals surface area contributed by atoms with E-state index in [4.69, 9.17) is 4.74 Å². The number of fused-ring (bicyclic) bond motifs is 1. The molecule has 0 aromatic heterocycles. The highest BCUT2D eigenvalue weighted by atomic mass is 16.5. The standard InChI is InChI=1S/C15H11NO3/c1-19-12-5-4-10-6-9(2-3-11(10)8-12)7-13-14(17)16-15(13)18/h2-8H,1H3,(H,16,17,18). The average Bonchev–Trinajstić information content (AvgIpc) is 2.44.